The molecule has 0 radical (unpaired) electrons. The maximum atomic E-state index is 12.3. The molecular formula is C23H25NO3. The van der Waals surface area contributed by atoms with Gasteiger partial charge in [-0.25, -0.2) is 0 Å². The van der Waals surface area contributed by atoms with Gasteiger partial charge in [-0.15, -0.1) is 0 Å². The Labute approximate surface area is 159 Å². The van der Waals surface area contributed by atoms with Crippen LogP contribution in [0, 0.1) is 5.92 Å². The number of rotatable bonds is 6. The molecular weight excluding hydrogens is 338 g/mol. The predicted molar refractivity (Wildman–Crippen MR) is 105 cm³/mol. The normalized spacial score (nSPS) is 19.5. The zero-order valence-electron chi connectivity index (χ0n) is 15.4. The molecule has 1 saturated heterocycles. The first-order valence-corrected chi connectivity index (χ1v) is 9.85. The Morgan fingerprint density at radius 2 is 1.48 bits per heavy atom. The number of carbonyl (C=O) groups excluding carboxylic acids is 2. The monoisotopic (exact) mass is 363 g/mol. The molecule has 4 heteroatoms. The fourth-order valence-electron chi connectivity index (χ4n) is 3.66. The van der Waals surface area contributed by atoms with Gasteiger partial charge in [-0.2, -0.15) is 0 Å². The van der Waals surface area contributed by atoms with E-state index in [0.717, 1.165) is 49.0 Å². The van der Waals surface area contributed by atoms with Crippen LogP contribution in [0.5, 0.6) is 0 Å². The topological polar surface area (TPSA) is 55.4 Å². The Hall–Kier alpha value is -2.46. The number of hydrogen-bond acceptors (Lipinski definition) is 3. The van der Waals surface area contributed by atoms with Gasteiger partial charge in [0.25, 0.3) is 5.91 Å². The Morgan fingerprint density at radius 3 is 2.00 bits per heavy atom. The third kappa shape index (κ3) is 4.11. The van der Waals surface area contributed by atoms with Crippen molar-refractivity contribution < 1.29 is 14.3 Å². The summed E-state index contributed by atoms with van der Waals surface area (Å²) >= 11 is 0. The molecule has 4 nitrogen and oxygen atoms in total. The van der Waals surface area contributed by atoms with Gasteiger partial charge >= 0.3 is 0 Å². The molecule has 0 bridgehead atoms. The molecule has 0 spiro atoms. The summed E-state index contributed by atoms with van der Waals surface area (Å²) in [5.74, 6) is 0.424. The summed E-state index contributed by atoms with van der Waals surface area (Å²) in [5, 5.41) is 2.94. The van der Waals surface area contributed by atoms with Crippen LogP contribution in [0.1, 0.15) is 52.8 Å². The van der Waals surface area contributed by atoms with Gasteiger partial charge in [0.2, 0.25) is 0 Å². The van der Waals surface area contributed by atoms with E-state index in [1.54, 1.807) is 0 Å². The fraction of sp³-hybridized carbons (Fsp3) is 0.391. The first-order chi connectivity index (χ1) is 13.2. The van der Waals surface area contributed by atoms with Gasteiger partial charge in [-0.3, -0.25) is 9.59 Å². The lowest BCUT2D eigenvalue weighted by molar-refractivity contribution is 0.0851. The zero-order chi connectivity index (χ0) is 18.6. The summed E-state index contributed by atoms with van der Waals surface area (Å²) in [6.45, 7) is 1.36. The molecule has 27 heavy (non-hydrogen) atoms. The lowest BCUT2D eigenvalue weighted by Crippen LogP contribution is -2.31. The standard InChI is InChI=1S/C23H25NO3/c25-22(18-3-1-4-18)19-10-6-16(7-11-19)17-8-12-20(13-9-17)23(26)24-15-21-5-2-14-27-21/h6-13,18,21H,1-5,14-15H2,(H,24,26)/t21-/m1/s1. The van der Waals surface area contributed by atoms with Gasteiger partial charge in [0.15, 0.2) is 5.78 Å². The molecule has 1 aliphatic carbocycles. The maximum Gasteiger partial charge on any atom is 0.251 e. The molecule has 1 amide bonds. The molecule has 140 valence electrons. The number of hydrogen-bond donors (Lipinski definition) is 1. The highest BCUT2D eigenvalue weighted by Crippen LogP contribution is 2.30. The Balaban J connectivity index is 1.37. The van der Waals surface area contributed by atoms with Crippen LogP contribution in [0.3, 0.4) is 0 Å². The van der Waals surface area contributed by atoms with Crippen LogP contribution in [-0.2, 0) is 4.74 Å². The molecule has 1 saturated carbocycles. The van der Waals surface area contributed by atoms with Crippen LogP contribution in [0.4, 0.5) is 0 Å². The van der Waals surface area contributed by atoms with E-state index in [0.29, 0.717) is 12.1 Å². The van der Waals surface area contributed by atoms with Crippen molar-refractivity contribution in [1.82, 2.24) is 5.32 Å². The Morgan fingerprint density at radius 1 is 0.852 bits per heavy atom. The van der Waals surface area contributed by atoms with Gasteiger partial charge in [0.1, 0.15) is 0 Å². The van der Waals surface area contributed by atoms with E-state index in [-0.39, 0.29) is 23.7 Å². The number of benzene rings is 2. The molecule has 2 aromatic rings. The van der Waals surface area contributed by atoms with Crippen LogP contribution in [0.2, 0.25) is 0 Å². The van der Waals surface area contributed by atoms with E-state index >= 15 is 0 Å². The van der Waals surface area contributed by atoms with Crippen molar-refractivity contribution in [2.24, 2.45) is 5.92 Å². The first-order valence-electron chi connectivity index (χ1n) is 9.85. The minimum atomic E-state index is -0.0708. The van der Waals surface area contributed by atoms with E-state index in [4.69, 9.17) is 4.74 Å². The molecule has 1 atom stereocenters. The second-order valence-electron chi connectivity index (χ2n) is 7.49. The molecule has 2 aromatic carbocycles. The second-order valence-corrected chi connectivity index (χ2v) is 7.49. The van der Waals surface area contributed by atoms with Crippen molar-refractivity contribution in [3.05, 3.63) is 59.7 Å². The quantitative estimate of drug-likeness (QED) is 0.781. The Bertz CT molecular complexity index is 801. The SMILES string of the molecule is O=C(NC[C@H]1CCCO1)c1ccc(-c2ccc(C(=O)C3CCC3)cc2)cc1. The number of carbonyl (C=O) groups is 2. The molecule has 2 aliphatic rings. The van der Waals surface area contributed by atoms with E-state index in [9.17, 15) is 9.59 Å². The first kappa shape index (κ1) is 17.9. The fourth-order valence-corrected chi connectivity index (χ4v) is 3.66. The summed E-state index contributed by atoms with van der Waals surface area (Å²) in [5.41, 5.74) is 3.53. The van der Waals surface area contributed by atoms with Gasteiger partial charge < -0.3 is 10.1 Å². The summed E-state index contributed by atoms with van der Waals surface area (Å²) in [7, 11) is 0. The van der Waals surface area contributed by atoms with Gasteiger partial charge in [-0.05, 0) is 48.9 Å². The number of ketones is 1. The molecule has 0 unspecified atom stereocenters. The predicted octanol–water partition coefficient (Wildman–Crippen LogP) is 4.25. The smallest absolute Gasteiger partial charge is 0.251 e. The van der Waals surface area contributed by atoms with Crippen molar-refractivity contribution in [3.63, 3.8) is 0 Å². The Kier molecular flexibility index (Phi) is 5.35. The second kappa shape index (κ2) is 8.05. The van der Waals surface area contributed by atoms with Crippen LogP contribution >= 0.6 is 0 Å². The van der Waals surface area contributed by atoms with Crippen molar-refractivity contribution >= 4 is 11.7 Å². The lowest BCUT2D eigenvalue weighted by atomic mass is 9.80. The lowest BCUT2D eigenvalue weighted by Gasteiger charge is -2.23. The summed E-state index contributed by atoms with van der Waals surface area (Å²) in [6.07, 6.45) is 5.45. The summed E-state index contributed by atoms with van der Waals surface area (Å²) in [6, 6.07) is 15.4. The number of Topliss-reactive ketones (excluding diaryl/α,β-unsaturated/α-hetero) is 1. The molecule has 1 heterocycles. The highest BCUT2D eigenvalue weighted by Gasteiger charge is 2.26. The van der Waals surface area contributed by atoms with E-state index < -0.39 is 0 Å². The number of nitrogens with one attached hydrogen (secondary N) is 1. The van der Waals surface area contributed by atoms with Crippen molar-refractivity contribution in [2.75, 3.05) is 13.2 Å². The summed E-state index contributed by atoms with van der Waals surface area (Å²) in [4.78, 5) is 24.6. The average molecular weight is 363 g/mol. The molecule has 2 fully saturated rings. The van der Waals surface area contributed by atoms with Crippen LogP contribution in [-0.4, -0.2) is 30.9 Å². The minimum absolute atomic E-state index is 0.0708. The van der Waals surface area contributed by atoms with Crippen LogP contribution in [0.15, 0.2) is 48.5 Å². The van der Waals surface area contributed by atoms with E-state index in [1.807, 2.05) is 48.5 Å². The highest BCUT2D eigenvalue weighted by molar-refractivity contribution is 5.98. The van der Waals surface area contributed by atoms with Gasteiger partial charge in [0, 0.05) is 30.2 Å². The van der Waals surface area contributed by atoms with Crippen molar-refractivity contribution in [2.45, 2.75) is 38.2 Å². The largest absolute Gasteiger partial charge is 0.376 e. The summed E-state index contributed by atoms with van der Waals surface area (Å²) < 4.78 is 5.53. The molecule has 1 N–H and O–H groups in total. The van der Waals surface area contributed by atoms with Gasteiger partial charge in [0.05, 0.1) is 6.10 Å². The third-order valence-corrected chi connectivity index (χ3v) is 5.64. The molecule has 1 aliphatic heterocycles. The van der Waals surface area contributed by atoms with E-state index in [2.05, 4.69) is 5.32 Å². The number of ether oxygens (including phenoxy) is 1. The van der Waals surface area contributed by atoms with Gasteiger partial charge in [-0.1, -0.05) is 42.8 Å². The van der Waals surface area contributed by atoms with E-state index in [1.165, 1.54) is 6.42 Å². The van der Waals surface area contributed by atoms with Crippen molar-refractivity contribution in [1.29, 1.82) is 0 Å². The molecule has 0 aromatic heterocycles. The number of amides is 1. The minimum Gasteiger partial charge on any atom is -0.376 e. The van der Waals surface area contributed by atoms with Crippen LogP contribution < -0.4 is 5.32 Å². The van der Waals surface area contributed by atoms with Crippen molar-refractivity contribution in [3.8, 4) is 11.1 Å². The average Bonchev–Trinajstić information content (AvgIpc) is 3.18. The maximum absolute atomic E-state index is 12.3. The molecule has 4 rings (SSSR count). The zero-order valence-corrected chi connectivity index (χ0v) is 15.4. The van der Waals surface area contributed by atoms with Crippen LogP contribution in [0.25, 0.3) is 11.1 Å². The third-order valence-electron chi connectivity index (χ3n) is 5.64. The highest BCUT2D eigenvalue weighted by atomic mass is 16.5.